The molecule has 2 amide bonds. The molecule has 27 heavy (non-hydrogen) atoms. The van der Waals surface area contributed by atoms with Gasteiger partial charge in [0.05, 0.1) is 36.2 Å². The molecule has 2 heterocycles. The molecule has 2 aromatic heterocycles. The first-order chi connectivity index (χ1) is 13.1. The summed E-state index contributed by atoms with van der Waals surface area (Å²) < 4.78 is 10.4. The largest absolute Gasteiger partial charge is 0.497 e. The van der Waals surface area contributed by atoms with Crippen LogP contribution in [0.2, 0.25) is 0 Å². The SMILES string of the molecule is COc1ccc(NC(=O)NCc2ccc(C(=O)c3cccs3)s2)c(OC)c1. The Hall–Kier alpha value is -2.84. The molecule has 0 saturated carbocycles. The third kappa shape index (κ3) is 4.66. The van der Waals surface area contributed by atoms with Crippen LogP contribution in [-0.2, 0) is 6.54 Å². The van der Waals surface area contributed by atoms with Crippen LogP contribution in [0, 0.1) is 0 Å². The molecule has 0 saturated heterocycles. The molecule has 0 spiro atoms. The molecule has 0 atom stereocenters. The van der Waals surface area contributed by atoms with E-state index in [1.54, 1.807) is 37.4 Å². The highest BCUT2D eigenvalue weighted by Gasteiger charge is 2.13. The number of ketones is 1. The van der Waals surface area contributed by atoms with Crippen LogP contribution in [0.3, 0.4) is 0 Å². The number of rotatable bonds is 7. The van der Waals surface area contributed by atoms with Crippen LogP contribution < -0.4 is 20.1 Å². The second kappa shape index (κ2) is 8.70. The van der Waals surface area contributed by atoms with E-state index in [0.717, 1.165) is 4.88 Å². The second-order valence-electron chi connectivity index (χ2n) is 5.45. The average Bonchev–Trinajstić information content (AvgIpc) is 3.38. The summed E-state index contributed by atoms with van der Waals surface area (Å²) in [6, 6.07) is 12.1. The van der Waals surface area contributed by atoms with Gasteiger partial charge in [0.1, 0.15) is 11.5 Å². The molecule has 3 aromatic rings. The van der Waals surface area contributed by atoms with Gasteiger partial charge in [-0.25, -0.2) is 4.79 Å². The number of benzene rings is 1. The number of methoxy groups -OCH3 is 2. The van der Waals surface area contributed by atoms with Gasteiger partial charge in [0, 0.05) is 10.9 Å². The van der Waals surface area contributed by atoms with Crippen LogP contribution in [0.5, 0.6) is 11.5 Å². The first kappa shape index (κ1) is 18.9. The fourth-order valence-corrected chi connectivity index (χ4v) is 4.00. The number of ether oxygens (including phenoxy) is 2. The van der Waals surface area contributed by atoms with Crippen LogP contribution in [0.15, 0.2) is 47.8 Å². The van der Waals surface area contributed by atoms with E-state index in [1.807, 2.05) is 17.5 Å². The Bertz CT molecular complexity index is 935. The van der Waals surface area contributed by atoms with E-state index < -0.39 is 0 Å². The van der Waals surface area contributed by atoms with Gasteiger partial charge in [-0.05, 0) is 35.7 Å². The van der Waals surface area contributed by atoms with Crippen molar-refractivity contribution in [2.24, 2.45) is 0 Å². The number of amides is 2. The van der Waals surface area contributed by atoms with Crippen LogP contribution in [0.25, 0.3) is 0 Å². The first-order valence-electron chi connectivity index (χ1n) is 8.04. The van der Waals surface area contributed by atoms with Crippen LogP contribution in [0.1, 0.15) is 19.4 Å². The van der Waals surface area contributed by atoms with E-state index in [2.05, 4.69) is 10.6 Å². The van der Waals surface area contributed by atoms with E-state index in [4.69, 9.17) is 9.47 Å². The number of nitrogens with one attached hydrogen (secondary N) is 2. The Morgan fingerprint density at radius 1 is 1.04 bits per heavy atom. The third-order valence-electron chi connectivity index (χ3n) is 3.71. The number of urea groups is 1. The molecule has 8 heteroatoms. The minimum absolute atomic E-state index is 0.00803. The summed E-state index contributed by atoms with van der Waals surface area (Å²) in [5, 5.41) is 7.40. The second-order valence-corrected chi connectivity index (χ2v) is 7.56. The molecular formula is C19H18N2O4S2. The maximum absolute atomic E-state index is 12.3. The van der Waals surface area contributed by atoms with Crippen molar-refractivity contribution in [3.63, 3.8) is 0 Å². The zero-order valence-corrected chi connectivity index (χ0v) is 16.4. The van der Waals surface area contributed by atoms with Gasteiger partial charge in [0.15, 0.2) is 0 Å². The summed E-state index contributed by atoms with van der Waals surface area (Å²) in [4.78, 5) is 26.7. The molecule has 2 N–H and O–H groups in total. The monoisotopic (exact) mass is 402 g/mol. The topological polar surface area (TPSA) is 76.7 Å². The molecule has 0 fully saturated rings. The molecule has 0 unspecified atom stereocenters. The van der Waals surface area contributed by atoms with Crippen molar-refractivity contribution in [1.29, 1.82) is 0 Å². The molecule has 0 aliphatic carbocycles. The summed E-state index contributed by atoms with van der Waals surface area (Å²) in [7, 11) is 3.09. The van der Waals surface area contributed by atoms with Gasteiger partial charge in [-0.1, -0.05) is 6.07 Å². The van der Waals surface area contributed by atoms with Gasteiger partial charge in [-0.15, -0.1) is 22.7 Å². The Labute approximate surface area is 164 Å². The standard InChI is InChI=1S/C19H18N2O4S2/c1-24-12-5-7-14(15(10-12)25-2)21-19(23)20-11-13-6-8-17(27-13)18(22)16-4-3-9-26-16/h3-10H,11H2,1-2H3,(H2,20,21,23). The highest BCUT2D eigenvalue weighted by atomic mass is 32.1. The first-order valence-corrected chi connectivity index (χ1v) is 9.74. The van der Waals surface area contributed by atoms with Crippen LogP contribution in [-0.4, -0.2) is 26.0 Å². The zero-order valence-electron chi connectivity index (χ0n) is 14.8. The summed E-state index contributed by atoms with van der Waals surface area (Å²) in [5.41, 5.74) is 0.538. The van der Waals surface area contributed by atoms with E-state index in [-0.39, 0.29) is 11.8 Å². The van der Waals surface area contributed by atoms with Gasteiger partial charge in [-0.2, -0.15) is 0 Å². The van der Waals surface area contributed by atoms with Crippen molar-refractivity contribution in [2.45, 2.75) is 6.54 Å². The molecular weight excluding hydrogens is 384 g/mol. The Morgan fingerprint density at radius 3 is 2.59 bits per heavy atom. The Morgan fingerprint density at radius 2 is 1.89 bits per heavy atom. The van der Waals surface area contributed by atoms with Gasteiger partial charge < -0.3 is 20.1 Å². The summed E-state index contributed by atoms with van der Waals surface area (Å²) >= 11 is 2.79. The average molecular weight is 402 g/mol. The summed E-state index contributed by atoms with van der Waals surface area (Å²) in [5.74, 6) is 1.15. The van der Waals surface area contributed by atoms with E-state index in [0.29, 0.717) is 33.5 Å². The number of carbonyl (C=O) groups is 2. The van der Waals surface area contributed by atoms with Gasteiger partial charge in [0.25, 0.3) is 0 Å². The smallest absolute Gasteiger partial charge is 0.319 e. The minimum Gasteiger partial charge on any atom is -0.497 e. The highest BCUT2D eigenvalue weighted by molar-refractivity contribution is 7.16. The fraction of sp³-hybridized carbons (Fsp3) is 0.158. The van der Waals surface area contributed by atoms with Gasteiger partial charge in [0.2, 0.25) is 5.78 Å². The quantitative estimate of drug-likeness (QED) is 0.575. The van der Waals surface area contributed by atoms with Gasteiger partial charge in [-0.3, -0.25) is 4.79 Å². The van der Waals surface area contributed by atoms with Crippen molar-refractivity contribution in [3.05, 3.63) is 62.5 Å². The molecule has 140 valence electrons. The van der Waals surface area contributed by atoms with E-state index in [1.165, 1.54) is 29.8 Å². The normalized spacial score (nSPS) is 10.3. The molecule has 0 aliphatic heterocycles. The maximum Gasteiger partial charge on any atom is 0.319 e. The lowest BCUT2D eigenvalue weighted by Crippen LogP contribution is -2.28. The van der Waals surface area contributed by atoms with E-state index >= 15 is 0 Å². The van der Waals surface area contributed by atoms with Crippen molar-refractivity contribution >= 4 is 40.2 Å². The van der Waals surface area contributed by atoms with Crippen molar-refractivity contribution < 1.29 is 19.1 Å². The van der Waals surface area contributed by atoms with Crippen LogP contribution in [0.4, 0.5) is 10.5 Å². The molecule has 6 nitrogen and oxygen atoms in total. The lowest BCUT2D eigenvalue weighted by Gasteiger charge is -2.12. The lowest BCUT2D eigenvalue weighted by atomic mass is 10.2. The Kier molecular flexibility index (Phi) is 6.10. The molecule has 0 bridgehead atoms. The predicted octanol–water partition coefficient (Wildman–Crippen LogP) is 4.38. The maximum atomic E-state index is 12.3. The molecule has 1 aromatic carbocycles. The third-order valence-corrected chi connectivity index (χ3v) is 5.66. The van der Waals surface area contributed by atoms with Crippen molar-refractivity contribution in [1.82, 2.24) is 5.32 Å². The zero-order chi connectivity index (χ0) is 19.2. The van der Waals surface area contributed by atoms with Crippen LogP contribution >= 0.6 is 22.7 Å². The number of anilines is 1. The number of thiophene rings is 2. The number of hydrogen-bond acceptors (Lipinski definition) is 6. The van der Waals surface area contributed by atoms with Gasteiger partial charge >= 0.3 is 6.03 Å². The lowest BCUT2D eigenvalue weighted by molar-refractivity contribution is 0.104. The fourth-order valence-electron chi connectivity index (χ4n) is 2.36. The molecule has 0 radical (unpaired) electrons. The molecule has 0 aliphatic rings. The minimum atomic E-state index is -0.363. The highest BCUT2D eigenvalue weighted by Crippen LogP contribution is 2.29. The summed E-state index contributed by atoms with van der Waals surface area (Å²) in [6.45, 7) is 0.326. The number of carbonyl (C=O) groups excluding carboxylic acids is 2. The Balaban J connectivity index is 1.58. The van der Waals surface area contributed by atoms with E-state index in [9.17, 15) is 9.59 Å². The van der Waals surface area contributed by atoms with Crippen molar-refractivity contribution in [3.8, 4) is 11.5 Å². The summed E-state index contributed by atoms with van der Waals surface area (Å²) in [6.07, 6.45) is 0. The predicted molar refractivity (Wildman–Crippen MR) is 107 cm³/mol. The van der Waals surface area contributed by atoms with Crippen molar-refractivity contribution in [2.75, 3.05) is 19.5 Å². The molecule has 3 rings (SSSR count). The number of hydrogen-bond donors (Lipinski definition) is 2.